The summed E-state index contributed by atoms with van der Waals surface area (Å²) in [5, 5.41) is 0. The number of carbonyl (C=O) groups excluding carboxylic acids is 2. The van der Waals surface area contributed by atoms with Gasteiger partial charge in [-0.1, -0.05) is 36.4 Å². The van der Waals surface area contributed by atoms with Crippen LogP contribution in [0.25, 0.3) is 0 Å². The van der Waals surface area contributed by atoms with Gasteiger partial charge in [0.15, 0.2) is 0 Å². The monoisotopic (exact) mass is 496 g/mol. The Labute approximate surface area is 211 Å². The SMILES string of the molecule is C=C1CC(C)N(C(=O)C(N)CCC(=O)N2CCN(C(c3ccc(F)cc3)c3ccc(F)cc3)CC2)C1. The molecule has 2 aliphatic heterocycles. The molecule has 0 bridgehead atoms. The van der Waals surface area contributed by atoms with Crippen molar-refractivity contribution >= 4 is 11.8 Å². The van der Waals surface area contributed by atoms with Crippen molar-refractivity contribution in [1.82, 2.24) is 14.7 Å². The quantitative estimate of drug-likeness (QED) is 0.596. The Morgan fingerprint density at radius 1 is 0.972 bits per heavy atom. The molecule has 2 amide bonds. The molecule has 2 N–H and O–H groups in total. The summed E-state index contributed by atoms with van der Waals surface area (Å²) in [4.78, 5) is 31.4. The van der Waals surface area contributed by atoms with Crippen molar-refractivity contribution in [2.75, 3.05) is 32.7 Å². The van der Waals surface area contributed by atoms with E-state index in [0.717, 1.165) is 23.1 Å². The van der Waals surface area contributed by atoms with E-state index < -0.39 is 6.04 Å². The zero-order valence-corrected chi connectivity index (χ0v) is 20.7. The highest BCUT2D eigenvalue weighted by Crippen LogP contribution is 2.30. The van der Waals surface area contributed by atoms with Crippen LogP contribution in [0.1, 0.15) is 43.4 Å². The predicted octanol–water partition coefficient (Wildman–Crippen LogP) is 3.48. The van der Waals surface area contributed by atoms with Gasteiger partial charge in [0.1, 0.15) is 11.6 Å². The Bertz CT molecular complexity index is 1040. The number of likely N-dealkylation sites (tertiary alicyclic amines) is 1. The third kappa shape index (κ3) is 5.99. The third-order valence-corrected chi connectivity index (χ3v) is 7.18. The van der Waals surface area contributed by atoms with E-state index in [9.17, 15) is 18.4 Å². The highest BCUT2D eigenvalue weighted by atomic mass is 19.1. The van der Waals surface area contributed by atoms with Crippen molar-refractivity contribution in [2.24, 2.45) is 5.73 Å². The Hall–Kier alpha value is -3.10. The smallest absolute Gasteiger partial charge is 0.240 e. The highest BCUT2D eigenvalue weighted by molar-refractivity contribution is 5.84. The molecule has 2 unspecified atom stereocenters. The topological polar surface area (TPSA) is 69.9 Å². The molecule has 0 aliphatic carbocycles. The van der Waals surface area contributed by atoms with Crippen LogP contribution in [0.5, 0.6) is 0 Å². The molecule has 36 heavy (non-hydrogen) atoms. The van der Waals surface area contributed by atoms with E-state index in [1.165, 1.54) is 24.3 Å². The molecule has 0 saturated carbocycles. The standard InChI is InChI=1S/C28H34F2N4O2/c1-19-17-20(2)34(18-19)28(36)25(31)11-12-26(35)32-13-15-33(16-14-32)27(21-3-7-23(29)8-4-21)22-5-9-24(30)10-6-22/h3-10,20,25,27H,1,11-18,31H2,2H3. The fraction of sp³-hybridized carbons (Fsp3) is 0.429. The average Bonchev–Trinajstić information content (AvgIpc) is 3.22. The minimum Gasteiger partial charge on any atom is -0.340 e. The number of piperazine rings is 1. The molecule has 2 atom stereocenters. The van der Waals surface area contributed by atoms with Gasteiger partial charge in [-0.25, -0.2) is 8.78 Å². The molecule has 0 aromatic heterocycles. The number of benzene rings is 2. The molecule has 2 aromatic carbocycles. The van der Waals surface area contributed by atoms with Crippen LogP contribution in [0, 0.1) is 11.6 Å². The molecular formula is C28H34F2N4O2. The molecule has 192 valence electrons. The largest absolute Gasteiger partial charge is 0.340 e. The molecule has 6 nitrogen and oxygen atoms in total. The van der Waals surface area contributed by atoms with Gasteiger partial charge in [-0.15, -0.1) is 0 Å². The van der Waals surface area contributed by atoms with E-state index in [0.29, 0.717) is 39.1 Å². The molecular weight excluding hydrogens is 462 g/mol. The number of hydrogen-bond acceptors (Lipinski definition) is 4. The van der Waals surface area contributed by atoms with E-state index in [4.69, 9.17) is 5.73 Å². The van der Waals surface area contributed by atoms with Gasteiger partial charge in [-0.3, -0.25) is 14.5 Å². The number of nitrogens with zero attached hydrogens (tertiary/aromatic N) is 3. The summed E-state index contributed by atoms with van der Waals surface area (Å²) >= 11 is 0. The number of carbonyl (C=O) groups is 2. The first kappa shape index (κ1) is 26.0. The van der Waals surface area contributed by atoms with Crippen LogP contribution in [-0.2, 0) is 9.59 Å². The maximum absolute atomic E-state index is 13.5. The van der Waals surface area contributed by atoms with E-state index in [1.807, 2.05) is 6.92 Å². The van der Waals surface area contributed by atoms with Gasteiger partial charge in [0.05, 0.1) is 12.1 Å². The molecule has 4 rings (SSSR count). The van der Waals surface area contributed by atoms with Gasteiger partial charge in [0, 0.05) is 45.2 Å². The van der Waals surface area contributed by atoms with Crippen molar-refractivity contribution in [3.8, 4) is 0 Å². The van der Waals surface area contributed by atoms with Gasteiger partial charge in [0.2, 0.25) is 11.8 Å². The van der Waals surface area contributed by atoms with Gasteiger partial charge in [-0.05, 0) is 55.2 Å². The molecule has 2 aliphatic rings. The van der Waals surface area contributed by atoms with Crippen LogP contribution in [0.2, 0.25) is 0 Å². The van der Waals surface area contributed by atoms with E-state index >= 15 is 0 Å². The van der Waals surface area contributed by atoms with Crippen molar-refractivity contribution in [2.45, 2.75) is 44.3 Å². The number of halogens is 2. The highest BCUT2D eigenvalue weighted by Gasteiger charge is 2.32. The Morgan fingerprint density at radius 2 is 1.50 bits per heavy atom. The van der Waals surface area contributed by atoms with Gasteiger partial charge in [-0.2, -0.15) is 0 Å². The summed E-state index contributed by atoms with van der Waals surface area (Å²) in [7, 11) is 0. The first-order chi connectivity index (χ1) is 17.2. The zero-order valence-electron chi connectivity index (χ0n) is 20.7. The summed E-state index contributed by atoms with van der Waals surface area (Å²) in [5.74, 6) is -0.766. The van der Waals surface area contributed by atoms with Crippen LogP contribution in [0.3, 0.4) is 0 Å². The fourth-order valence-electron chi connectivity index (χ4n) is 5.19. The number of rotatable bonds is 7. The summed E-state index contributed by atoms with van der Waals surface area (Å²) in [6.45, 7) is 8.78. The first-order valence-electron chi connectivity index (χ1n) is 12.5. The zero-order chi connectivity index (χ0) is 25.8. The van der Waals surface area contributed by atoms with Crippen molar-refractivity contribution < 1.29 is 18.4 Å². The summed E-state index contributed by atoms with van der Waals surface area (Å²) < 4.78 is 27.1. The number of hydrogen-bond donors (Lipinski definition) is 1. The van der Waals surface area contributed by atoms with Crippen LogP contribution < -0.4 is 5.73 Å². The van der Waals surface area contributed by atoms with Crippen molar-refractivity contribution in [3.63, 3.8) is 0 Å². The summed E-state index contributed by atoms with van der Waals surface area (Å²) in [6.07, 6.45) is 1.31. The van der Waals surface area contributed by atoms with E-state index in [1.54, 1.807) is 34.1 Å². The maximum Gasteiger partial charge on any atom is 0.240 e. The lowest BCUT2D eigenvalue weighted by atomic mass is 9.96. The molecule has 2 fully saturated rings. The second-order valence-corrected chi connectivity index (χ2v) is 9.84. The minimum atomic E-state index is -0.704. The Balaban J connectivity index is 1.34. The maximum atomic E-state index is 13.5. The molecule has 0 spiro atoms. The normalized spacial score (nSPS) is 19.7. The lowest BCUT2D eigenvalue weighted by Crippen LogP contribution is -2.50. The second-order valence-electron chi connectivity index (χ2n) is 9.84. The number of nitrogens with two attached hydrogens (primary N) is 1. The summed E-state index contributed by atoms with van der Waals surface area (Å²) in [5.41, 5.74) is 8.98. The third-order valence-electron chi connectivity index (χ3n) is 7.18. The van der Waals surface area contributed by atoms with Crippen LogP contribution >= 0.6 is 0 Å². The molecule has 2 aromatic rings. The fourth-order valence-corrected chi connectivity index (χ4v) is 5.19. The lowest BCUT2D eigenvalue weighted by molar-refractivity contribution is -0.135. The summed E-state index contributed by atoms with van der Waals surface area (Å²) in [6, 6.07) is 11.9. The molecule has 2 saturated heterocycles. The van der Waals surface area contributed by atoms with Crippen LogP contribution in [0.4, 0.5) is 8.78 Å². The van der Waals surface area contributed by atoms with Crippen molar-refractivity contribution in [3.05, 3.63) is 83.4 Å². The van der Waals surface area contributed by atoms with Gasteiger partial charge < -0.3 is 15.5 Å². The first-order valence-corrected chi connectivity index (χ1v) is 12.5. The number of amides is 2. The molecule has 0 radical (unpaired) electrons. The van der Waals surface area contributed by atoms with Gasteiger partial charge in [0.25, 0.3) is 0 Å². The van der Waals surface area contributed by atoms with Gasteiger partial charge >= 0.3 is 0 Å². The van der Waals surface area contributed by atoms with E-state index in [-0.39, 0.29) is 42.0 Å². The lowest BCUT2D eigenvalue weighted by Gasteiger charge is -2.40. The van der Waals surface area contributed by atoms with Crippen LogP contribution in [-0.4, -0.2) is 71.3 Å². The Morgan fingerprint density at radius 3 is 1.97 bits per heavy atom. The van der Waals surface area contributed by atoms with Crippen molar-refractivity contribution in [1.29, 1.82) is 0 Å². The Kier molecular flexibility index (Phi) is 8.16. The minimum absolute atomic E-state index is 0.0168. The predicted molar refractivity (Wildman–Crippen MR) is 135 cm³/mol. The molecule has 2 heterocycles. The van der Waals surface area contributed by atoms with E-state index in [2.05, 4.69) is 11.5 Å². The average molecular weight is 497 g/mol. The molecule has 8 heteroatoms. The second kappa shape index (κ2) is 11.3. The van der Waals surface area contributed by atoms with Crippen LogP contribution in [0.15, 0.2) is 60.7 Å².